The second kappa shape index (κ2) is 11.4. The number of aliphatic hydroxyl groups is 1. The Labute approximate surface area is 250 Å². The van der Waals surface area contributed by atoms with Crippen molar-refractivity contribution < 1.29 is 19.4 Å². The molecule has 4 heterocycles. The second-order valence-corrected chi connectivity index (χ2v) is 11.9. The van der Waals surface area contributed by atoms with Crippen LogP contribution in [0.15, 0.2) is 82.8 Å². The highest BCUT2D eigenvalue weighted by molar-refractivity contribution is 8.00. The Balaban J connectivity index is 1.46. The van der Waals surface area contributed by atoms with E-state index in [1.54, 1.807) is 24.3 Å². The van der Waals surface area contributed by atoms with Gasteiger partial charge in [0.15, 0.2) is 10.1 Å². The highest BCUT2D eigenvalue weighted by Gasteiger charge is 2.49. The molecule has 1 aliphatic heterocycles. The fraction of sp³-hybridized carbons (Fsp3) is 0.194. The number of aryl methyl sites for hydroxylation is 2. The van der Waals surface area contributed by atoms with Gasteiger partial charge in [-0.25, -0.2) is 4.98 Å². The van der Waals surface area contributed by atoms with Gasteiger partial charge in [0, 0.05) is 11.9 Å². The van der Waals surface area contributed by atoms with Gasteiger partial charge >= 0.3 is 5.91 Å². The highest BCUT2D eigenvalue weighted by Crippen LogP contribution is 2.45. The lowest BCUT2D eigenvalue weighted by Crippen LogP contribution is -2.29. The molecule has 1 aliphatic rings. The lowest BCUT2D eigenvalue weighted by atomic mass is 9.96. The third-order valence-electron chi connectivity index (χ3n) is 7.04. The summed E-state index contributed by atoms with van der Waals surface area (Å²) in [5.74, 6) is -0.693. The van der Waals surface area contributed by atoms with Crippen LogP contribution in [0.3, 0.4) is 0 Å². The molecule has 212 valence electrons. The molecule has 1 saturated heterocycles. The maximum atomic E-state index is 13.7. The van der Waals surface area contributed by atoms with Crippen molar-refractivity contribution in [1.82, 2.24) is 19.6 Å². The van der Waals surface area contributed by atoms with Gasteiger partial charge in [0.2, 0.25) is 5.13 Å². The summed E-state index contributed by atoms with van der Waals surface area (Å²) < 4.78 is 8.23. The topological polar surface area (TPSA) is 110 Å². The largest absolute Gasteiger partial charge is 0.505 e. The SMILES string of the molecule is CCOc1cccc(C2/C(=C(\O)c3nc4c(C)cccn4c3C)C(=O)C(=O)N2c2nnc(SCc3ccccc3)s2)c1. The minimum atomic E-state index is -0.962. The summed E-state index contributed by atoms with van der Waals surface area (Å²) in [4.78, 5) is 33.3. The lowest BCUT2D eigenvalue weighted by molar-refractivity contribution is -0.132. The average Bonchev–Trinajstić information content (AvgIpc) is 3.68. The second-order valence-electron chi connectivity index (χ2n) is 9.73. The number of aliphatic hydroxyl groups excluding tert-OH is 1. The molecular formula is C31H27N5O4S2. The van der Waals surface area contributed by atoms with Crippen LogP contribution in [-0.2, 0) is 15.3 Å². The molecule has 1 fully saturated rings. The summed E-state index contributed by atoms with van der Waals surface area (Å²) in [6, 6.07) is 20.0. The number of fused-ring (bicyclic) bond motifs is 1. The first kappa shape index (κ1) is 27.7. The van der Waals surface area contributed by atoms with E-state index in [0.29, 0.717) is 39.4 Å². The number of carbonyl (C=O) groups is 2. The van der Waals surface area contributed by atoms with Crippen LogP contribution in [0.4, 0.5) is 5.13 Å². The number of ether oxygens (including phenoxy) is 1. The van der Waals surface area contributed by atoms with Crippen molar-refractivity contribution in [3.05, 3.63) is 107 Å². The standard InChI is InChI=1S/C31H27N5O4S2/c1-4-40-22-14-8-13-21(16-22)25-23(26(37)24-19(3)35-15-9-10-18(2)28(35)32-24)27(38)29(39)36(25)30-33-34-31(42-30)41-17-20-11-6-5-7-12-20/h5-16,25,37H,4,17H2,1-3H3/b26-23+. The predicted molar refractivity (Wildman–Crippen MR) is 163 cm³/mol. The van der Waals surface area contributed by atoms with E-state index in [-0.39, 0.29) is 22.2 Å². The molecule has 9 nitrogen and oxygen atoms in total. The number of carbonyl (C=O) groups excluding carboxylic acids is 2. The molecule has 6 rings (SSSR count). The summed E-state index contributed by atoms with van der Waals surface area (Å²) in [5, 5.41) is 20.6. The number of aromatic nitrogens is 4. The van der Waals surface area contributed by atoms with Crippen LogP contribution < -0.4 is 9.64 Å². The van der Waals surface area contributed by atoms with Gasteiger partial charge in [0.25, 0.3) is 5.78 Å². The van der Waals surface area contributed by atoms with Gasteiger partial charge in [-0.1, -0.05) is 71.6 Å². The first-order chi connectivity index (χ1) is 20.4. The molecule has 0 bridgehead atoms. The van der Waals surface area contributed by atoms with Gasteiger partial charge in [-0.3, -0.25) is 14.5 Å². The van der Waals surface area contributed by atoms with Crippen molar-refractivity contribution in [2.45, 2.75) is 36.9 Å². The van der Waals surface area contributed by atoms with Crippen molar-refractivity contribution in [2.24, 2.45) is 0 Å². The molecule has 1 unspecified atom stereocenters. The molecule has 42 heavy (non-hydrogen) atoms. The normalized spacial score (nSPS) is 16.5. The number of rotatable bonds is 8. The van der Waals surface area contributed by atoms with Crippen molar-refractivity contribution >= 4 is 51.3 Å². The van der Waals surface area contributed by atoms with Crippen LogP contribution in [-0.4, -0.2) is 43.0 Å². The average molecular weight is 598 g/mol. The highest BCUT2D eigenvalue weighted by atomic mass is 32.2. The monoisotopic (exact) mass is 597 g/mol. The smallest absolute Gasteiger partial charge is 0.301 e. The van der Waals surface area contributed by atoms with E-state index < -0.39 is 17.7 Å². The molecule has 0 saturated carbocycles. The summed E-state index contributed by atoms with van der Waals surface area (Å²) in [6.45, 7) is 6.06. The maximum Gasteiger partial charge on any atom is 0.301 e. The Morgan fingerprint density at radius 3 is 2.62 bits per heavy atom. The number of thioether (sulfide) groups is 1. The number of imidazole rings is 1. The zero-order valence-corrected chi connectivity index (χ0v) is 24.8. The van der Waals surface area contributed by atoms with Crippen LogP contribution in [0.2, 0.25) is 0 Å². The molecule has 2 aromatic carbocycles. The van der Waals surface area contributed by atoms with Gasteiger partial charge in [-0.15, -0.1) is 10.2 Å². The number of Topliss-reactive ketones (excluding diaryl/α,β-unsaturated/α-hetero) is 1. The molecule has 1 atom stereocenters. The molecule has 11 heteroatoms. The Kier molecular flexibility index (Phi) is 7.53. The number of hydrogen-bond acceptors (Lipinski definition) is 9. The van der Waals surface area contributed by atoms with Crippen molar-refractivity contribution in [2.75, 3.05) is 11.5 Å². The zero-order chi connectivity index (χ0) is 29.4. The number of amides is 1. The van der Waals surface area contributed by atoms with E-state index in [1.807, 2.05) is 73.8 Å². The maximum absolute atomic E-state index is 13.7. The first-order valence-electron chi connectivity index (χ1n) is 13.4. The van der Waals surface area contributed by atoms with E-state index in [9.17, 15) is 14.7 Å². The Bertz CT molecular complexity index is 1850. The molecule has 0 aliphatic carbocycles. The fourth-order valence-electron chi connectivity index (χ4n) is 5.04. The van der Waals surface area contributed by atoms with Gasteiger partial charge in [0.05, 0.1) is 23.9 Å². The minimum absolute atomic E-state index is 0.0634. The van der Waals surface area contributed by atoms with E-state index in [2.05, 4.69) is 15.2 Å². The Hall–Kier alpha value is -4.48. The van der Waals surface area contributed by atoms with Crippen LogP contribution in [0.25, 0.3) is 11.4 Å². The van der Waals surface area contributed by atoms with Crippen LogP contribution >= 0.6 is 23.1 Å². The zero-order valence-electron chi connectivity index (χ0n) is 23.1. The van der Waals surface area contributed by atoms with Crippen molar-refractivity contribution in [1.29, 1.82) is 0 Å². The molecule has 3 aromatic heterocycles. The fourth-order valence-corrected chi connectivity index (χ4v) is 6.86. The number of anilines is 1. The number of hydrogen-bond donors (Lipinski definition) is 1. The number of nitrogens with zero attached hydrogens (tertiary/aromatic N) is 5. The molecule has 5 aromatic rings. The molecule has 1 amide bonds. The van der Waals surface area contributed by atoms with Crippen LogP contribution in [0.1, 0.15) is 41.0 Å². The van der Waals surface area contributed by atoms with Gasteiger partial charge in [0.1, 0.15) is 17.1 Å². The number of benzene rings is 2. The molecule has 0 spiro atoms. The predicted octanol–water partition coefficient (Wildman–Crippen LogP) is 6.12. The summed E-state index contributed by atoms with van der Waals surface area (Å²) in [5.41, 5.74) is 4.12. The minimum Gasteiger partial charge on any atom is -0.505 e. The van der Waals surface area contributed by atoms with E-state index >= 15 is 0 Å². The number of pyridine rings is 1. The van der Waals surface area contributed by atoms with E-state index in [0.717, 1.165) is 11.1 Å². The third-order valence-corrected chi connectivity index (χ3v) is 9.17. The first-order valence-corrected chi connectivity index (χ1v) is 15.2. The van der Waals surface area contributed by atoms with Crippen LogP contribution in [0, 0.1) is 13.8 Å². The van der Waals surface area contributed by atoms with Gasteiger partial charge < -0.3 is 14.2 Å². The lowest BCUT2D eigenvalue weighted by Gasteiger charge is -2.22. The quantitative estimate of drug-likeness (QED) is 0.0749. The molecular weight excluding hydrogens is 571 g/mol. The third kappa shape index (κ3) is 4.94. The van der Waals surface area contributed by atoms with Crippen molar-refractivity contribution in [3.8, 4) is 5.75 Å². The Morgan fingerprint density at radius 1 is 1.05 bits per heavy atom. The molecule has 1 N–H and O–H groups in total. The summed E-state index contributed by atoms with van der Waals surface area (Å²) >= 11 is 2.72. The van der Waals surface area contributed by atoms with Gasteiger partial charge in [-0.2, -0.15) is 0 Å². The van der Waals surface area contributed by atoms with Gasteiger partial charge in [-0.05, 0) is 55.7 Å². The molecule has 0 radical (unpaired) electrons. The summed E-state index contributed by atoms with van der Waals surface area (Å²) in [6.07, 6.45) is 1.85. The van der Waals surface area contributed by atoms with E-state index in [4.69, 9.17) is 4.74 Å². The summed E-state index contributed by atoms with van der Waals surface area (Å²) in [7, 11) is 0. The van der Waals surface area contributed by atoms with E-state index in [1.165, 1.54) is 28.0 Å². The van der Waals surface area contributed by atoms with Crippen LogP contribution in [0.5, 0.6) is 5.75 Å². The number of ketones is 1. The Morgan fingerprint density at radius 2 is 1.86 bits per heavy atom. The van der Waals surface area contributed by atoms with Crippen molar-refractivity contribution in [3.63, 3.8) is 0 Å².